The van der Waals surface area contributed by atoms with Gasteiger partial charge in [-0.15, -0.1) is 0 Å². The highest BCUT2D eigenvalue weighted by Crippen LogP contribution is 2.31. The summed E-state index contributed by atoms with van der Waals surface area (Å²) in [5, 5.41) is 9.66. The van der Waals surface area contributed by atoms with Crippen LogP contribution >= 0.6 is 11.6 Å². The summed E-state index contributed by atoms with van der Waals surface area (Å²) in [5.41, 5.74) is -2.42. The van der Waals surface area contributed by atoms with E-state index in [1.807, 2.05) is 0 Å². The van der Waals surface area contributed by atoms with Crippen LogP contribution in [0.15, 0.2) is 6.07 Å². The average molecular weight is 227 g/mol. The van der Waals surface area contributed by atoms with Crippen molar-refractivity contribution in [3.05, 3.63) is 32.8 Å². The summed E-state index contributed by atoms with van der Waals surface area (Å²) in [6.07, 6.45) is -3.18. The Kier molecular flexibility index (Phi) is 2.90. The largest absolute Gasteiger partial charge is 0.332 e. The number of aromatic nitrogens is 1. The zero-order chi connectivity index (χ0) is 10.9. The normalized spacial score (nSPS) is 10.6. The Hall–Kier alpha value is -1.37. The van der Waals surface area contributed by atoms with Crippen molar-refractivity contribution in [1.29, 1.82) is 0 Å². The van der Waals surface area contributed by atoms with E-state index in [-0.39, 0.29) is 0 Å². The molecule has 0 bridgehead atoms. The highest BCUT2D eigenvalue weighted by Gasteiger charge is 2.28. The van der Waals surface area contributed by atoms with Crippen molar-refractivity contribution in [3.63, 3.8) is 0 Å². The van der Waals surface area contributed by atoms with Gasteiger partial charge in [0.15, 0.2) is 0 Å². The maximum absolute atomic E-state index is 12.8. The number of hydrogen-bond acceptors (Lipinski definition) is 3. The summed E-state index contributed by atoms with van der Waals surface area (Å²) in [6.45, 7) is 0. The fraction of sp³-hybridized carbons (Fsp3) is 0.167. The minimum Gasteiger partial charge on any atom is -0.258 e. The molecular weight excluding hydrogens is 225 g/mol. The van der Waals surface area contributed by atoms with E-state index in [0.717, 1.165) is 0 Å². The van der Waals surface area contributed by atoms with Crippen LogP contribution in [0, 0.1) is 16.1 Å². The third-order valence-corrected chi connectivity index (χ3v) is 1.56. The van der Waals surface area contributed by atoms with Gasteiger partial charge in [-0.2, -0.15) is 4.39 Å². The van der Waals surface area contributed by atoms with Gasteiger partial charge in [0.05, 0.1) is 4.92 Å². The Morgan fingerprint density at radius 1 is 1.57 bits per heavy atom. The lowest BCUT2D eigenvalue weighted by molar-refractivity contribution is -0.389. The summed E-state index contributed by atoms with van der Waals surface area (Å²) < 4.78 is 37.1. The van der Waals surface area contributed by atoms with Crippen LogP contribution in [0.25, 0.3) is 0 Å². The number of nitro groups is 1. The van der Waals surface area contributed by atoms with E-state index in [1.54, 1.807) is 0 Å². The molecule has 0 atom stereocenters. The van der Waals surface area contributed by atoms with Gasteiger partial charge in [-0.3, -0.25) is 10.1 Å². The number of pyridine rings is 1. The van der Waals surface area contributed by atoms with Crippen LogP contribution in [0.4, 0.5) is 18.9 Å². The summed E-state index contributed by atoms with van der Waals surface area (Å²) in [6, 6.07) is 0.563. The van der Waals surface area contributed by atoms with Gasteiger partial charge in [-0.25, -0.2) is 13.8 Å². The van der Waals surface area contributed by atoms with Gasteiger partial charge in [0.2, 0.25) is 0 Å². The number of rotatable bonds is 2. The molecule has 0 radical (unpaired) electrons. The molecule has 0 spiro atoms. The standard InChI is InChI=1S/C6H2ClF3N2O2/c7-3-1-2(5(8)9)4(12(13)14)6(10)11-3/h1,5H. The van der Waals surface area contributed by atoms with E-state index in [9.17, 15) is 23.3 Å². The Morgan fingerprint density at radius 3 is 2.57 bits per heavy atom. The van der Waals surface area contributed by atoms with Crippen molar-refractivity contribution in [2.45, 2.75) is 6.43 Å². The molecule has 1 heterocycles. The summed E-state index contributed by atoms with van der Waals surface area (Å²) in [7, 11) is 0. The second-order valence-electron chi connectivity index (χ2n) is 2.23. The molecule has 76 valence electrons. The molecule has 0 amide bonds. The van der Waals surface area contributed by atoms with Crippen LogP contribution in [0.1, 0.15) is 12.0 Å². The predicted molar refractivity (Wildman–Crippen MR) is 40.8 cm³/mol. The molecule has 0 aliphatic rings. The molecule has 1 aromatic rings. The number of halogens is 4. The maximum atomic E-state index is 12.8. The molecule has 0 aliphatic heterocycles. The number of hydrogen-bond donors (Lipinski definition) is 0. The summed E-state index contributed by atoms with van der Waals surface area (Å²) in [4.78, 5) is 11.8. The van der Waals surface area contributed by atoms with Gasteiger partial charge in [0.25, 0.3) is 12.4 Å². The Morgan fingerprint density at radius 2 is 2.14 bits per heavy atom. The van der Waals surface area contributed by atoms with Crippen molar-refractivity contribution in [2.24, 2.45) is 0 Å². The number of nitrogens with zero attached hydrogens (tertiary/aromatic N) is 2. The fourth-order valence-electron chi connectivity index (χ4n) is 0.842. The van der Waals surface area contributed by atoms with Gasteiger partial charge < -0.3 is 0 Å². The van der Waals surface area contributed by atoms with Crippen molar-refractivity contribution < 1.29 is 18.1 Å². The SMILES string of the molecule is O=[N+]([O-])c1c(C(F)F)cc(Cl)nc1F. The first-order valence-electron chi connectivity index (χ1n) is 3.22. The first-order valence-corrected chi connectivity index (χ1v) is 3.59. The lowest BCUT2D eigenvalue weighted by Crippen LogP contribution is -2.01. The van der Waals surface area contributed by atoms with E-state index in [1.165, 1.54) is 0 Å². The molecule has 0 unspecified atom stereocenters. The van der Waals surface area contributed by atoms with Crippen molar-refractivity contribution in [2.75, 3.05) is 0 Å². The second-order valence-corrected chi connectivity index (χ2v) is 2.62. The Bertz CT molecular complexity index is 386. The summed E-state index contributed by atoms with van der Waals surface area (Å²) >= 11 is 5.16. The topological polar surface area (TPSA) is 56.0 Å². The predicted octanol–water partition coefficient (Wildman–Crippen LogP) is 2.72. The monoisotopic (exact) mass is 226 g/mol. The van der Waals surface area contributed by atoms with Crippen molar-refractivity contribution in [1.82, 2.24) is 4.98 Å². The summed E-state index contributed by atoms with van der Waals surface area (Å²) in [5.74, 6) is -1.61. The van der Waals surface area contributed by atoms with Gasteiger partial charge in [0.1, 0.15) is 10.7 Å². The third-order valence-electron chi connectivity index (χ3n) is 1.37. The van der Waals surface area contributed by atoms with E-state index >= 15 is 0 Å². The van der Waals surface area contributed by atoms with Crippen LogP contribution in [0.3, 0.4) is 0 Å². The minimum absolute atomic E-state index is 0.552. The van der Waals surface area contributed by atoms with Crippen molar-refractivity contribution >= 4 is 17.3 Å². The van der Waals surface area contributed by atoms with Gasteiger partial charge in [-0.1, -0.05) is 11.6 Å². The van der Waals surface area contributed by atoms with Crippen LogP contribution < -0.4 is 0 Å². The first kappa shape index (κ1) is 10.7. The Labute approximate surface area is 80.5 Å². The molecule has 0 aromatic carbocycles. The highest BCUT2D eigenvalue weighted by atomic mass is 35.5. The lowest BCUT2D eigenvalue weighted by Gasteiger charge is -2.01. The lowest BCUT2D eigenvalue weighted by atomic mass is 10.2. The third kappa shape index (κ3) is 1.92. The highest BCUT2D eigenvalue weighted by molar-refractivity contribution is 6.29. The molecule has 0 aliphatic carbocycles. The van der Waals surface area contributed by atoms with E-state index in [2.05, 4.69) is 4.98 Å². The average Bonchev–Trinajstić information content (AvgIpc) is 2.01. The van der Waals surface area contributed by atoms with Gasteiger partial charge in [-0.05, 0) is 6.07 Å². The zero-order valence-electron chi connectivity index (χ0n) is 6.38. The van der Waals surface area contributed by atoms with Gasteiger partial charge in [0, 0.05) is 0 Å². The van der Waals surface area contributed by atoms with E-state index < -0.39 is 33.7 Å². The quantitative estimate of drug-likeness (QED) is 0.443. The van der Waals surface area contributed by atoms with Crippen LogP contribution in [-0.2, 0) is 0 Å². The molecule has 8 heteroatoms. The van der Waals surface area contributed by atoms with E-state index in [4.69, 9.17) is 11.6 Å². The van der Waals surface area contributed by atoms with Crippen LogP contribution in [-0.4, -0.2) is 9.91 Å². The molecule has 0 saturated carbocycles. The zero-order valence-corrected chi connectivity index (χ0v) is 7.13. The molecule has 1 aromatic heterocycles. The second kappa shape index (κ2) is 3.79. The minimum atomic E-state index is -3.18. The molecule has 0 saturated heterocycles. The maximum Gasteiger partial charge on any atom is 0.332 e. The number of alkyl halides is 2. The molecule has 0 fully saturated rings. The molecule has 4 nitrogen and oxygen atoms in total. The fourth-order valence-corrected chi connectivity index (χ4v) is 1.03. The first-order chi connectivity index (χ1) is 6.43. The molecule has 0 N–H and O–H groups in total. The molecular formula is C6H2ClF3N2O2. The van der Waals surface area contributed by atoms with Crippen molar-refractivity contribution in [3.8, 4) is 0 Å². The van der Waals surface area contributed by atoms with Crippen LogP contribution in [0.5, 0.6) is 0 Å². The van der Waals surface area contributed by atoms with Crippen LogP contribution in [0.2, 0.25) is 5.15 Å². The molecule has 14 heavy (non-hydrogen) atoms. The van der Waals surface area contributed by atoms with E-state index in [0.29, 0.717) is 6.07 Å². The Balaban J connectivity index is 3.44. The van der Waals surface area contributed by atoms with Gasteiger partial charge >= 0.3 is 5.69 Å². The smallest absolute Gasteiger partial charge is 0.258 e. The molecule has 1 rings (SSSR count).